The summed E-state index contributed by atoms with van der Waals surface area (Å²) in [6.45, 7) is 6.03. The molecule has 20 N–H and O–H groups in total. The fourth-order valence-electron chi connectivity index (χ4n) is 11.3. The summed E-state index contributed by atoms with van der Waals surface area (Å²) in [5.74, 6) is -16.6. The molecule has 0 saturated carbocycles. The Hall–Kier alpha value is -11.8. The second kappa shape index (κ2) is 39.9. The molecule has 0 bridgehead atoms. The van der Waals surface area contributed by atoms with Gasteiger partial charge >= 0.3 is 11.9 Å². The summed E-state index contributed by atoms with van der Waals surface area (Å²) in [4.78, 5) is 183. The van der Waals surface area contributed by atoms with Gasteiger partial charge < -0.3 is 95.2 Å². The number of halogens is 1. The number of rotatable bonds is 40. The molecule has 6 aromatic rings. The van der Waals surface area contributed by atoms with Gasteiger partial charge in [-0.1, -0.05) is 122 Å². The number of aliphatic hydroxyl groups is 3. The molecule has 11 amide bonds. The lowest BCUT2D eigenvalue weighted by Gasteiger charge is -2.34. The van der Waals surface area contributed by atoms with Gasteiger partial charge in [0.2, 0.25) is 65.0 Å². The number of aliphatic carboxylic acids is 2. The van der Waals surface area contributed by atoms with Gasteiger partial charge in [0, 0.05) is 44.0 Å². The number of carboxylic acids is 2. The molecule has 0 aliphatic carbocycles. The van der Waals surface area contributed by atoms with Crippen LogP contribution < -0.4 is 64.6 Å². The number of carboxylic acid groups (broad SMARTS) is 2. The maximum absolute atomic E-state index is 15.5. The zero-order valence-electron chi connectivity index (χ0n) is 59.6. The molecule has 1 aromatic heterocycles. The topological polar surface area (TPSA) is 524 Å². The zero-order valence-corrected chi connectivity index (χ0v) is 59.6. The number of benzene rings is 5. The van der Waals surface area contributed by atoms with Crippen molar-refractivity contribution in [1.82, 2.24) is 63.1 Å². The van der Waals surface area contributed by atoms with Crippen molar-refractivity contribution in [2.24, 2.45) is 11.5 Å². The molecule has 6 rings (SSSR count). The second-order valence-electron chi connectivity index (χ2n) is 26.0. The Morgan fingerprint density at radius 3 is 1.64 bits per heavy atom. The SMILES string of the molecule is CCc1ccccc1-c1ccc(C[C@H](NC(=O)[C@H](CC(=O)O)NC(=O)[C@H](CO)NC(=O)[C@@H](NC(=O)[C@](C)(Cc2ccccc2F)NC(=O)[C@@H](NC(=O)CNC(=O)[C@H](CCC(=O)O)NC(=O)[C@H](C)NC(=O)[C@@H](N)Cc2cnc[nH]2)[C@@H](C)O)[C@@H](C)O)C(=O)N[C@@H](Cc2ccc(-c3ccccc3C)cc2)C(N)=O)cc1. The standard InChI is InChI=1S/C74H91FN14O18/c1-7-45-15-9-12-18-51(45)47-26-22-44(23-27-47)31-56(68(102)83-55(64(77)98)30-43-20-24-46(25-21-43)50-17-11-8-14-39(50)2)84-69(103)57(33-61(96)97)85-70(104)58(37-90)86-71(105)62(41(4)91)88-73(107)74(6,34-48-16-10-13-19-52(48)75)89-72(106)63(42(5)92)87-59(93)36-79-67(101)54(28-29-60(94)95)82-65(99)40(3)81-66(100)53(76)32-49-35-78-38-80-49/h8-27,35,38,40-42,53-58,62-63,90-92H,7,28-34,36-37,76H2,1-6H3,(H2,77,98)(H,78,80)(H,79,101)(H,81,100)(H,82,99)(H,83,102)(H,84,103)(H,85,104)(H,86,105)(H,87,93)(H,88,107)(H,89,106)(H,94,95)(H,96,97)/t40-,41+,42+,53-,54-,55-,56-,57-,58-,62-,63-,74-/m0/s1. The van der Waals surface area contributed by atoms with Gasteiger partial charge in [0.15, 0.2) is 0 Å². The van der Waals surface area contributed by atoms with Crippen molar-refractivity contribution in [3.8, 4) is 22.3 Å². The Kier molecular flexibility index (Phi) is 31.4. The fraction of sp³-hybridized carbons (Fsp3) is 0.378. The van der Waals surface area contributed by atoms with Gasteiger partial charge in [0.25, 0.3) is 0 Å². The highest BCUT2D eigenvalue weighted by atomic mass is 19.1. The van der Waals surface area contributed by atoms with Crippen LogP contribution in [0.15, 0.2) is 134 Å². The number of nitrogens with one attached hydrogen (secondary N) is 11. The molecule has 5 aromatic carbocycles. The number of aromatic nitrogens is 2. The van der Waals surface area contributed by atoms with Gasteiger partial charge in [-0.3, -0.25) is 62.3 Å². The maximum Gasteiger partial charge on any atom is 0.305 e. The van der Waals surface area contributed by atoms with E-state index < -0.39 is 194 Å². The molecule has 107 heavy (non-hydrogen) atoms. The van der Waals surface area contributed by atoms with Crippen molar-refractivity contribution < 1.29 is 92.3 Å². The molecule has 0 fully saturated rings. The number of primary amides is 1. The molecular formula is C74H91FN14O18. The first-order chi connectivity index (χ1) is 50.7. The normalized spacial score (nSPS) is 14.8. The lowest BCUT2D eigenvalue weighted by molar-refractivity contribution is -0.142. The Labute approximate surface area is 615 Å². The third-order valence-electron chi connectivity index (χ3n) is 17.4. The van der Waals surface area contributed by atoms with Crippen LogP contribution in [-0.2, 0) is 94.4 Å². The van der Waals surface area contributed by atoms with Gasteiger partial charge in [0.1, 0.15) is 59.7 Å². The van der Waals surface area contributed by atoms with E-state index in [2.05, 4.69) is 63.1 Å². The second-order valence-corrected chi connectivity index (χ2v) is 26.0. The fourth-order valence-corrected chi connectivity index (χ4v) is 11.3. The van der Waals surface area contributed by atoms with Crippen LogP contribution in [0.3, 0.4) is 0 Å². The van der Waals surface area contributed by atoms with Crippen LogP contribution in [0.2, 0.25) is 0 Å². The predicted octanol–water partition coefficient (Wildman–Crippen LogP) is -1.18. The predicted molar refractivity (Wildman–Crippen MR) is 385 cm³/mol. The van der Waals surface area contributed by atoms with Crippen molar-refractivity contribution >= 4 is 76.9 Å². The van der Waals surface area contributed by atoms with Gasteiger partial charge in [-0.05, 0) is 104 Å². The molecule has 0 unspecified atom stereocenters. The molecule has 0 aliphatic heterocycles. The third kappa shape index (κ3) is 25.2. The Bertz CT molecular complexity index is 4140. The minimum atomic E-state index is -2.42. The number of aliphatic hydroxyl groups excluding tert-OH is 3. The van der Waals surface area contributed by atoms with E-state index >= 15 is 4.39 Å². The highest BCUT2D eigenvalue weighted by Crippen LogP contribution is 2.27. The number of carbonyl (C=O) groups excluding carboxylic acids is 11. The first-order valence-electron chi connectivity index (χ1n) is 34.2. The van der Waals surface area contributed by atoms with E-state index in [1.807, 2.05) is 74.5 Å². The number of aryl methyl sites for hydroxylation is 2. The minimum Gasteiger partial charge on any atom is -0.481 e. The van der Waals surface area contributed by atoms with Crippen LogP contribution in [0.5, 0.6) is 0 Å². The van der Waals surface area contributed by atoms with E-state index in [4.69, 9.17) is 11.5 Å². The number of nitrogens with zero attached hydrogens (tertiary/aromatic N) is 1. The lowest BCUT2D eigenvalue weighted by Crippen LogP contribution is -2.67. The van der Waals surface area contributed by atoms with Crippen LogP contribution in [0.4, 0.5) is 4.39 Å². The van der Waals surface area contributed by atoms with Gasteiger partial charge in [-0.15, -0.1) is 0 Å². The van der Waals surface area contributed by atoms with E-state index in [9.17, 15) is 87.9 Å². The van der Waals surface area contributed by atoms with Crippen molar-refractivity contribution in [2.45, 2.75) is 165 Å². The van der Waals surface area contributed by atoms with Crippen LogP contribution in [0, 0.1) is 12.7 Å². The molecular weight excluding hydrogens is 1390 g/mol. The van der Waals surface area contributed by atoms with Gasteiger partial charge in [-0.2, -0.15) is 0 Å². The van der Waals surface area contributed by atoms with E-state index in [1.54, 1.807) is 36.4 Å². The summed E-state index contributed by atoms with van der Waals surface area (Å²) in [5.41, 5.74) is 16.5. The summed E-state index contributed by atoms with van der Waals surface area (Å²) in [7, 11) is 0. The highest BCUT2D eigenvalue weighted by Gasteiger charge is 2.43. The van der Waals surface area contributed by atoms with Crippen molar-refractivity contribution in [3.05, 3.63) is 173 Å². The summed E-state index contributed by atoms with van der Waals surface area (Å²) in [5, 5.41) is 75.0. The summed E-state index contributed by atoms with van der Waals surface area (Å²) < 4.78 is 15.5. The van der Waals surface area contributed by atoms with Crippen LogP contribution in [0.1, 0.15) is 87.4 Å². The van der Waals surface area contributed by atoms with Crippen LogP contribution >= 0.6 is 0 Å². The van der Waals surface area contributed by atoms with Crippen LogP contribution in [0.25, 0.3) is 22.3 Å². The number of hydrogen-bond acceptors (Lipinski definition) is 18. The van der Waals surface area contributed by atoms with Gasteiger partial charge in [-0.25, -0.2) is 9.37 Å². The third-order valence-corrected chi connectivity index (χ3v) is 17.4. The van der Waals surface area contributed by atoms with Crippen LogP contribution in [-0.4, -0.2) is 198 Å². The van der Waals surface area contributed by atoms with Crippen molar-refractivity contribution in [1.29, 1.82) is 0 Å². The maximum atomic E-state index is 15.5. The first-order valence-corrected chi connectivity index (χ1v) is 34.2. The molecule has 32 nitrogen and oxygen atoms in total. The average Bonchev–Trinajstić information content (AvgIpc) is 0.948. The molecule has 0 saturated heterocycles. The number of amides is 11. The molecule has 0 aliphatic rings. The van der Waals surface area contributed by atoms with Crippen molar-refractivity contribution in [3.63, 3.8) is 0 Å². The number of hydrogen-bond donors (Lipinski definition) is 18. The van der Waals surface area contributed by atoms with E-state index in [1.165, 1.54) is 37.6 Å². The van der Waals surface area contributed by atoms with E-state index in [0.717, 1.165) is 66.6 Å². The zero-order chi connectivity index (χ0) is 78.8. The smallest absolute Gasteiger partial charge is 0.305 e. The first kappa shape index (κ1) is 84.1. The number of carbonyl (C=O) groups is 13. The molecule has 33 heteroatoms. The van der Waals surface area contributed by atoms with Crippen molar-refractivity contribution in [2.75, 3.05) is 13.2 Å². The monoisotopic (exact) mass is 1480 g/mol. The van der Waals surface area contributed by atoms with E-state index in [0.29, 0.717) is 16.8 Å². The molecule has 1 heterocycles. The number of nitrogens with two attached hydrogens (primary N) is 2. The molecule has 12 atom stereocenters. The Balaban J connectivity index is 1.16. The summed E-state index contributed by atoms with van der Waals surface area (Å²) >= 11 is 0. The lowest BCUT2D eigenvalue weighted by atomic mass is 9.90. The average molecular weight is 1480 g/mol. The molecule has 0 radical (unpaired) electrons. The molecule has 572 valence electrons. The van der Waals surface area contributed by atoms with Gasteiger partial charge in [0.05, 0.1) is 44.1 Å². The largest absolute Gasteiger partial charge is 0.481 e. The van der Waals surface area contributed by atoms with E-state index in [-0.39, 0.29) is 24.8 Å². The summed E-state index contributed by atoms with van der Waals surface area (Å²) in [6.07, 6.45) is -3.64. The highest BCUT2D eigenvalue weighted by molar-refractivity contribution is 6.00. The number of aromatic amines is 1. The quantitative estimate of drug-likeness (QED) is 0.0215. The minimum absolute atomic E-state index is 0.0201. The number of H-pyrrole nitrogens is 1. The number of imidazole rings is 1. The Morgan fingerprint density at radius 2 is 1.08 bits per heavy atom. The summed E-state index contributed by atoms with van der Waals surface area (Å²) in [6, 6.07) is 19.2. The molecule has 0 spiro atoms. The Morgan fingerprint density at radius 1 is 0.561 bits per heavy atom.